The molecule has 2 aliphatic rings. The molecule has 0 bridgehead atoms. The summed E-state index contributed by atoms with van der Waals surface area (Å²) in [5, 5.41) is 3.40. The third-order valence-corrected chi connectivity index (χ3v) is 2.86. The second-order valence-corrected chi connectivity index (χ2v) is 3.72. The molecule has 0 atom stereocenters. The fourth-order valence-electron chi connectivity index (χ4n) is 2.19. The highest BCUT2D eigenvalue weighted by atomic mass is 16.5. The Kier molecular flexibility index (Phi) is 1.48. The summed E-state index contributed by atoms with van der Waals surface area (Å²) < 4.78 is 5.70. The van der Waals surface area contributed by atoms with Gasteiger partial charge in [0.05, 0.1) is 12.3 Å². The first-order chi connectivity index (χ1) is 6.45. The fraction of sp³-hybridized carbons (Fsp3) is 0.455. The van der Waals surface area contributed by atoms with Crippen molar-refractivity contribution < 1.29 is 4.74 Å². The minimum Gasteiger partial charge on any atom is -0.491 e. The minimum atomic E-state index is 0.880. The van der Waals surface area contributed by atoms with Gasteiger partial charge in [0.1, 0.15) is 5.75 Å². The SMILES string of the molecule is c1cc2c(c3c1CCN3)OCCC2. The zero-order chi connectivity index (χ0) is 8.67. The zero-order valence-electron chi connectivity index (χ0n) is 7.60. The van der Waals surface area contributed by atoms with Gasteiger partial charge in [-0.3, -0.25) is 0 Å². The van der Waals surface area contributed by atoms with E-state index < -0.39 is 0 Å². The van der Waals surface area contributed by atoms with Crippen LogP contribution >= 0.6 is 0 Å². The molecule has 2 heterocycles. The largest absolute Gasteiger partial charge is 0.491 e. The third-order valence-electron chi connectivity index (χ3n) is 2.86. The van der Waals surface area contributed by atoms with Gasteiger partial charge in [-0.15, -0.1) is 0 Å². The van der Waals surface area contributed by atoms with Crippen LogP contribution in [0.2, 0.25) is 0 Å². The summed E-state index contributed by atoms with van der Waals surface area (Å²) in [6.07, 6.45) is 3.47. The normalized spacial score (nSPS) is 18.5. The lowest BCUT2D eigenvalue weighted by Crippen LogP contribution is -2.09. The van der Waals surface area contributed by atoms with Gasteiger partial charge in [-0.2, -0.15) is 0 Å². The third kappa shape index (κ3) is 1.01. The van der Waals surface area contributed by atoms with Gasteiger partial charge in [-0.05, 0) is 30.4 Å². The maximum absolute atomic E-state index is 5.70. The molecule has 0 amide bonds. The lowest BCUT2D eigenvalue weighted by atomic mass is 10.0. The topological polar surface area (TPSA) is 21.3 Å². The number of nitrogens with one attached hydrogen (secondary N) is 1. The lowest BCUT2D eigenvalue weighted by Gasteiger charge is -2.19. The molecular weight excluding hydrogens is 162 g/mol. The van der Waals surface area contributed by atoms with Crippen LogP contribution < -0.4 is 10.1 Å². The summed E-state index contributed by atoms with van der Waals surface area (Å²) in [6, 6.07) is 4.46. The van der Waals surface area contributed by atoms with Gasteiger partial charge < -0.3 is 10.1 Å². The average Bonchev–Trinajstić information content (AvgIpc) is 2.65. The molecule has 0 radical (unpaired) electrons. The van der Waals surface area contributed by atoms with E-state index in [1.807, 2.05) is 0 Å². The average molecular weight is 175 g/mol. The number of benzene rings is 1. The van der Waals surface area contributed by atoms with E-state index in [4.69, 9.17) is 4.74 Å². The summed E-state index contributed by atoms with van der Waals surface area (Å²) >= 11 is 0. The highest BCUT2D eigenvalue weighted by molar-refractivity contribution is 5.68. The summed E-state index contributed by atoms with van der Waals surface area (Å²) in [5.41, 5.74) is 4.05. The van der Waals surface area contributed by atoms with Gasteiger partial charge in [0, 0.05) is 6.54 Å². The molecule has 0 spiro atoms. The molecule has 2 nitrogen and oxygen atoms in total. The van der Waals surface area contributed by atoms with E-state index in [9.17, 15) is 0 Å². The van der Waals surface area contributed by atoms with Gasteiger partial charge in [-0.1, -0.05) is 12.1 Å². The van der Waals surface area contributed by atoms with Crippen LogP contribution in [0.5, 0.6) is 5.75 Å². The van der Waals surface area contributed by atoms with Gasteiger partial charge in [0.2, 0.25) is 0 Å². The predicted octanol–water partition coefficient (Wildman–Crippen LogP) is 1.98. The molecule has 1 aromatic carbocycles. The first-order valence-corrected chi connectivity index (χ1v) is 4.96. The summed E-state index contributed by atoms with van der Waals surface area (Å²) in [5.74, 6) is 1.13. The Bertz CT molecular complexity index is 346. The fourth-order valence-corrected chi connectivity index (χ4v) is 2.19. The van der Waals surface area contributed by atoms with Gasteiger partial charge >= 0.3 is 0 Å². The first-order valence-electron chi connectivity index (χ1n) is 4.96. The Morgan fingerprint density at radius 2 is 2.08 bits per heavy atom. The van der Waals surface area contributed by atoms with Crippen molar-refractivity contribution in [2.24, 2.45) is 0 Å². The van der Waals surface area contributed by atoms with Crippen LogP contribution in [0.4, 0.5) is 5.69 Å². The number of hydrogen-bond donors (Lipinski definition) is 1. The van der Waals surface area contributed by atoms with E-state index in [2.05, 4.69) is 17.4 Å². The number of aryl methyl sites for hydroxylation is 1. The van der Waals surface area contributed by atoms with Crippen molar-refractivity contribution in [3.63, 3.8) is 0 Å². The minimum absolute atomic E-state index is 0.880. The number of anilines is 1. The maximum atomic E-state index is 5.70. The molecule has 0 unspecified atom stereocenters. The molecule has 0 saturated carbocycles. The van der Waals surface area contributed by atoms with E-state index >= 15 is 0 Å². The summed E-state index contributed by atoms with van der Waals surface area (Å²) in [6.45, 7) is 1.94. The molecule has 68 valence electrons. The van der Waals surface area contributed by atoms with Gasteiger partial charge in [0.25, 0.3) is 0 Å². The Morgan fingerprint density at radius 1 is 1.15 bits per heavy atom. The lowest BCUT2D eigenvalue weighted by molar-refractivity contribution is 0.290. The zero-order valence-corrected chi connectivity index (χ0v) is 7.60. The standard InChI is InChI=1S/C11H13NO/c1-2-9-4-3-8-5-6-12-10(8)11(9)13-7-1/h3-4,12H,1-2,5-7H2. The molecule has 1 N–H and O–H groups in total. The van der Waals surface area contributed by atoms with E-state index in [1.54, 1.807) is 0 Å². The van der Waals surface area contributed by atoms with Crippen LogP contribution in [-0.4, -0.2) is 13.2 Å². The van der Waals surface area contributed by atoms with Crippen LogP contribution in [0.3, 0.4) is 0 Å². The van der Waals surface area contributed by atoms with Crippen molar-refractivity contribution >= 4 is 5.69 Å². The molecule has 1 aromatic rings. The van der Waals surface area contributed by atoms with Crippen molar-refractivity contribution in [3.05, 3.63) is 23.3 Å². The molecule has 3 rings (SSSR count). The molecular formula is C11H13NO. The predicted molar refractivity (Wildman–Crippen MR) is 52.5 cm³/mol. The molecule has 0 saturated heterocycles. The van der Waals surface area contributed by atoms with E-state index in [0.717, 1.165) is 31.7 Å². The Balaban J connectivity index is 2.17. The van der Waals surface area contributed by atoms with Crippen molar-refractivity contribution in [2.45, 2.75) is 19.3 Å². The summed E-state index contributed by atoms with van der Waals surface area (Å²) in [7, 11) is 0. The van der Waals surface area contributed by atoms with E-state index in [-0.39, 0.29) is 0 Å². The van der Waals surface area contributed by atoms with Crippen LogP contribution in [0.1, 0.15) is 17.5 Å². The molecule has 13 heavy (non-hydrogen) atoms. The monoisotopic (exact) mass is 175 g/mol. The number of ether oxygens (including phenoxy) is 1. The molecule has 0 fully saturated rings. The highest BCUT2D eigenvalue weighted by Gasteiger charge is 2.20. The van der Waals surface area contributed by atoms with Gasteiger partial charge in [-0.25, -0.2) is 0 Å². The van der Waals surface area contributed by atoms with E-state index in [0.29, 0.717) is 0 Å². The molecule has 0 aliphatic carbocycles. The number of rotatable bonds is 0. The second kappa shape index (κ2) is 2.66. The van der Waals surface area contributed by atoms with Gasteiger partial charge in [0.15, 0.2) is 0 Å². The van der Waals surface area contributed by atoms with Crippen LogP contribution in [0, 0.1) is 0 Å². The van der Waals surface area contributed by atoms with Crippen molar-refractivity contribution in [2.75, 3.05) is 18.5 Å². The maximum Gasteiger partial charge on any atom is 0.145 e. The first kappa shape index (κ1) is 7.25. The molecule has 2 heteroatoms. The smallest absolute Gasteiger partial charge is 0.145 e. The Hall–Kier alpha value is -1.18. The van der Waals surface area contributed by atoms with Crippen molar-refractivity contribution in [1.82, 2.24) is 0 Å². The second-order valence-electron chi connectivity index (χ2n) is 3.72. The molecule has 2 aliphatic heterocycles. The van der Waals surface area contributed by atoms with Crippen LogP contribution in [0.15, 0.2) is 12.1 Å². The van der Waals surface area contributed by atoms with E-state index in [1.165, 1.54) is 23.2 Å². The number of hydrogen-bond acceptors (Lipinski definition) is 2. The Morgan fingerprint density at radius 3 is 3.08 bits per heavy atom. The van der Waals surface area contributed by atoms with Crippen molar-refractivity contribution in [1.29, 1.82) is 0 Å². The summed E-state index contributed by atoms with van der Waals surface area (Å²) in [4.78, 5) is 0. The van der Waals surface area contributed by atoms with Crippen LogP contribution in [0.25, 0.3) is 0 Å². The van der Waals surface area contributed by atoms with Crippen LogP contribution in [-0.2, 0) is 12.8 Å². The quantitative estimate of drug-likeness (QED) is 0.651. The Labute approximate surface area is 77.9 Å². The highest BCUT2D eigenvalue weighted by Crippen LogP contribution is 2.38. The van der Waals surface area contributed by atoms with Crippen molar-refractivity contribution in [3.8, 4) is 5.75 Å². The molecule has 0 aromatic heterocycles. The number of fused-ring (bicyclic) bond motifs is 3.